The first kappa shape index (κ1) is 15.1. The number of aromatic nitrogens is 1. The zero-order valence-corrected chi connectivity index (χ0v) is 10.3. The minimum absolute atomic E-state index is 0.103. The zero-order chi connectivity index (χ0) is 15.7. The average Bonchev–Trinajstić information content (AvgIpc) is 2.37. The van der Waals surface area contributed by atoms with Crippen LogP contribution in [0.25, 0.3) is 0 Å². The molecule has 0 spiro atoms. The molecule has 2 nitrogen and oxygen atoms in total. The van der Waals surface area contributed by atoms with E-state index in [0.717, 1.165) is 30.5 Å². The van der Waals surface area contributed by atoms with Crippen LogP contribution in [0, 0.1) is 0 Å². The van der Waals surface area contributed by atoms with E-state index in [-0.39, 0.29) is 11.4 Å². The van der Waals surface area contributed by atoms with Crippen molar-refractivity contribution < 1.29 is 26.3 Å². The summed E-state index contributed by atoms with van der Waals surface area (Å²) in [7, 11) is 0. The maximum Gasteiger partial charge on any atom is 0.433 e. The Morgan fingerprint density at radius 1 is 0.810 bits per heavy atom. The molecule has 0 aliphatic heterocycles. The van der Waals surface area contributed by atoms with E-state index in [1.165, 1.54) is 12.1 Å². The second kappa shape index (κ2) is 5.27. The number of benzene rings is 1. The Bertz CT molecular complexity index is 616. The van der Waals surface area contributed by atoms with Crippen molar-refractivity contribution in [3.05, 3.63) is 53.9 Å². The van der Waals surface area contributed by atoms with E-state index in [1.54, 1.807) is 0 Å². The van der Waals surface area contributed by atoms with Crippen LogP contribution in [0.1, 0.15) is 11.3 Å². The smallest absolute Gasteiger partial charge is 0.354 e. The van der Waals surface area contributed by atoms with E-state index in [2.05, 4.69) is 10.3 Å². The fourth-order valence-electron chi connectivity index (χ4n) is 1.58. The molecule has 1 heterocycles. The average molecular weight is 306 g/mol. The molecule has 1 aromatic heterocycles. The van der Waals surface area contributed by atoms with Crippen LogP contribution in [0.15, 0.2) is 42.6 Å². The van der Waals surface area contributed by atoms with Crippen molar-refractivity contribution in [2.75, 3.05) is 5.32 Å². The number of hydrogen-bond donors (Lipinski definition) is 1. The molecule has 0 amide bonds. The van der Waals surface area contributed by atoms with Crippen LogP contribution < -0.4 is 5.32 Å². The van der Waals surface area contributed by atoms with Crippen molar-refractivity contribution in [1.82, 2.24) is 4.98 Å². The van der Waals surface area contributed by atoms with Gasteiger partial charge in [-0.05, 0) is 30.3 Å². The Labute approximate surface area is 115 Å². The maximum atomic E-state index is 12.5. The van der Waals surface area contributed by atoms with Gasteiger partial charge in [-0.15, -0.1) is 0 Å². The number of alkyl halides is 6. The lowest BCUT2D eigenvalue weighted by atomic mass is 10.2. The summed E-state index contributed by atoms with van der Waals surface area (Å²) in [5, 5.41) is 2.57. The van der Waals surface area contributed by atoms with Gasteiger partial charge in [0.15, 0.2) is 0 Å². The topological polar surface area (TPSA) is 24.9 Å². The highest BCUT2D eigenvalue weighted by Crippen LogP contribution is 2.32. The molecule has 112 valence electrons. The molecular weight excluding hydrogens is 298 g/mol. The highest BCUT2D eigenvalue weighted by atomic mass is 19.4. The largest absolute Gasteiger partial charge is 0.433 e. The van der Waals surface area contributed by atoms with Crippen molar-refractivity contribution in [2.45, 2.75) is 12.4 Å². The third kappa shape index (κ3) is 3.87. The van der Waals surface area contributed by atoms with Gasteiger partial charge in [-0.2, -0.15) is 26.3 Å². The molecule has 0 aliphatic carbocycles. The molecule has 0 atom stereocenters. The van der Waals surface area contributed by atoms with E-state index in [0.29, 0.717) is 0 Å². The monoisotopic (exact) mass is 306 g/mol. The molecule has 2 rings (SSSR count). The molecule has 0 fully saturated rings. The van der Waals surface area contributed by atoms with Crippen LogP contribution >= 0.6 is 0 Å². The first-order valence-corrected chi connectivity index (χ1v) is 5.64. The predicted molar refractivity (Wildman–Crippen MR) is 64.0 cm³/mol. The molecule has 8 heteroatoms. The van der Waals surface area contributed by atoms with Gasteiger partial charge in [0.2, 0.25) is 0 Å². The zero-order valence-electron chi connectivity index (χ0n) is 10.3. The van der Waals surface area contributed by atoms with E-state index in [1.807, 2.05) is 0 Å². The fraction of sp³-hybridized carbons (Fsp3) is 0.154. The fourth-order valence-corrected chi connectivity index (χ4v) is 1.58. The third-order valence-electron chi connectivity index (χ3n) is 2.53. The summed E-state index contributed by atoms with van der Waals surface area (Å²) in [4.78, 5) is 3.21. The lowest BCUT2D eigenvalue weighted by molar-refractivity contribution is -0.141. The van der Waals surface area contributed by atoms with Gasteiger partial charge in [-0.1, -0.05) is 6.07 Å². The molecule has 0 saturated heterocycles. The lowest BCUT2D eigenvalue weighted by Gasteiger charge is -2.11. The normalized spacial score (nSPS) is 12.3. The van der Waals surface area contributed by atoms with Gasteiger partial charge < -0.3 is 5.32 Å². The van der Waals surface area contributed by atoms with Gasteiger partial charge in [0.1, 0.15) is 5.69 Å². The van der Waals surface area contributed by atoms with Crippen molar-refractivity contribution in [1.29, 1.82) is 0 Å². The van der Waals surface area contributed by atoms with Crippen molar-refractivity contribution in [3.8, 4) is 0 Å². The van der Waals surface area contributed by atoms with Crippen LogP contribution in [-0.2, 0) is 12.4 Å². The molecule has 1 N–H and O–H groups in total. The maximum absolute atomic E-state index is 12.5. The van der Waals surface area contributed by atoms with E-state index in [4.69, 9.17) is 0 Å². The third-order valence-corrected chi connectivity index (χ3v) is 2.53. The van der Waals surface area contributed by atoms with Gasteiger partial charge in [-0.25, -0.2) is 4.98 Å². The van der Waals surface area contributed by atoms with E-state index < -0.39 is 23.6 Å². The van der Waals surface area contributed by atoms with Gasteiger partial charge in [0.25, 0.3) is 0 Å². The van der Waals surface area contributed by atoms with Gasteiger partial charge in [-0.3, -0.25) is 0 Å². The summed E-state index contributed by atoms with van der Waals surface area (Å²) >= 11 is 0. The van der Waals surface area contributed by atoms with Crippen molar-refractivity contribution >= 4 is 11.4 Å². The first-order valence-electron chi connectivity index (χ1n) is 5.64. The number of pyridine rings is 1. The highest BCUT2D eigenvalue weighted by Gasteiger charge is 2.32. The summed E-state index contributed by atoms with van der Waals surface area (Å²) in [6.45, 7) is 0. The molecule has 21 heavy (non-hydrogen) atoms. The second-order valence-electron chi connectivity index (χ2n) is 4.13. The van der Waals surface area contributed by atoms with Gasteiger partial charge in [0.05, 0.1) is 17.4 Å². The molecule has 0 bridgehead atoms. The molecule has 2 aromatic rings. The Balaban J connectivity index is 2.19. The minimum atomic E-state index is -4.56. The van der Waals surface area contributed by atoms with Gasteiger partial charge in [0, 0.05) is 5.69 Å². The van der Waals surface area contributed by atoms with Crippen molar-refractivity contribution in [2.24, 2.45) is 0 Å². The Morgan fingerprint density at radius 3 is 2.05 bits per heavy atom. The number of hydrogen-bond acceptors (Lipinski definition) is 2. The Morgan fingerprint density at radius 2 is 1.52 bits per heavy atom. The van der Waals surface area contributed by atoms with Crippen LogP contribution in [0.3, 0.4) is 0 Å². The summed E-state index contributed by atoms with van der Waals surface area (Å²) in [6, 6.07) is 6.16. The SMILES string of the molecule is FC(F)(F)c1cccc(Nc2ccc(C(F)(F)F)nc2)c1. The first-order chi connectivity index (χ1) is 9.66. The van der Waals surface area contributed by atoms with Gasteiger partial charge >= 0.3 is 12.4 Å². The van der Waals surface area contributed by atoms with Crippen molar-refractivity contribution in [3.63, 3.8) is 0 Å². The van der Waals surface area contributed by atoms with E-state index >= 15 is 0 Å². The summed E-state index contributed by atoms with van der Waals surface area (Å²) in [5.74, 6) is 0. The van der Waals surface area contributed by atoms with E-state index in [9.17, 15) is 26.3 Å². The molecule has 0 aliphatic rings. The number of anilines is 2. The Kier molecular flexibility index (Phi) is 3.80. The predicted octanol–water partition coefficient (Wildman–Crippen LogP) is 4.86. The number of nitrogens with one attached hydrogen (secondary N) is 1. The standard InChI is InChI=1S/C13H8F6N2/c14-12(15,16)8-2-1-3-9(6-8)21-10-4-5-11(20-7-10)13(17,18)19/h1-7,21H. The number of halogens is 6. The van der Waals surface area contributed by atoms with Crippen LogP contribution in [0.2, 0.25) is 0 Å². The van der Waals surface area contributed by atoms with Crippen LogP contribution in [0.5, 0.6) is 0 Å². The summed E-state index contributed by atoms with van der Waals surface area (Å²) in [6.07, 6.45) is -8.14. The number of nitrogens with zero attached hydrogens (tertiary/aromatic N) is 1. The molecular formula is C13H8F6N2. The minimum Gasteiger partial charge on any atom is -0.354 e. The highest BCUT2D eigenvalue weighted by molar-refractivity contribution is 5.59. The van der Waals surface area contributed by atoms with Crippen LogP contribution in [0.4, 0.5) is 37.7 Å². The number of rotatable bonds is 2. The molecule has 0 unspecified atom stereocenters. The quantitative estimate of drug-likeness (QED) is 0.801. The summed E-state index contributed by atoms with van der Waals surface area (Å²) < 4.78 is 74.5. The molecule has 0 radical (unpaired) electrons. The van der Waals surface area contributed by atoms with Crippen LogP contribution in [-0.4, -0.2) is 4.98 Å². The lowest BCUT2D eigenvalue weighted by Crippen LogP contribution is -2.08. The molecule has 1 aromatic carbocycles. The summed E-state index contributed by atoms with van der Waals surface area (Å²) in [5.41, 5.74) is -1.67. The molecule has 0 saturated carbocycles. The second-order valence-corrected chi connectivity index (χ2v) is 4.13. The Hall–Kier alpha value is -2.25.